The van der Waals surface area contributed by atoms with Gasteiger partial charge in [0.15, 0.2) is 0 Å². The molecule has 0 bridgehead atoms. The summed E-state index contributed by atoms with van der Waals surface area (Å²) in [5.41, 5.74) is 0. The summed E-state index contributed by atoms with van der Waals surface area (Å²) in [5.74, 6) is 0.240. The fourth-order valence-electron chi connectivity index (χ4n) is 1.70. The molecular weight excluding hydrogens is 232 g/mol. The van der Waals surface area contributed by atoms with Crippen LogP contribution in [0.3, 0.4) is 0 Å². The van der Waals surface area contributed by atoms with Gasteiger partial charge in [-0.1, -0.05) is 6.07 Å². The Bertz CT molecular complexity index is 324. The van der Waals surface area contributed by atoms with Crippen LogP contribution in [-0.2, 0) is 11.2 Å². The minimum Gasteiger partial charge on any atom is -0.343 e. The van der Waals surface area contributed by atoms with Crippen LogP contribution in [-0.4, -0.2) is 37.5 Å². The Morgan fingerprint density at radius 1 is 1.59 bits per heavy atom. The monoisotopic (exact) mass is 254 g/mol. The van der Waals surface area contributed by atoms with Crippen molar-refractivity contribution in [3.8, 4) is 0 Å². The predicted molar refractivity (Wildman–Crippen MR) is 73.4 cm³/mol. The van der Waals surface area contributed by atoms with Crippen molar-refractivity contribution < 1.29 is 4.79 Å². The van der Waals surface area contributed by atoms with E-state index in [4.69, 9.17) is 0 Å². The summed E-state index contributed by atoms with van der Waals surface area (Å²) < 4.78 is 0. The SMILES string of the molecule is CNCCCC(=O)N(C)C(C)Cc1cccs1. The van der Waals surface area contributed by atoms with Gasteiger partial charge in [-0.2, -0.15) is 0 Å². The standard InChI is InChI=1S/C13H22N2OS/c1-11(10-12-6-5-9-17-12)15(3)13(16)7-4-8-14-2/h5-6,9,11,14H,4,7-8,10H2,1-3H3. The Balaban J connectivity index is 2.35. The third-order valence-electron chi connectivity index (χ3n) is 2.95. The summed E-state index contributed by atoms with van der Waals surface area (Å²) in [5, 5.41) is 5.14. The molecule has 0 aliphatic rings. The van der Waals surface area contributed by atoms with Gasteiger partial charge in [0.1, 0.15) is 0 Å². The van der Waals surface area contributed by atoms with Gasteiger partial charge in [-0.15, -0.1) is 11.3 Å². The third kappa shape index (κ3) is 4.88. The highest BCUT2D eigenvalue weighted by Gasteiger charge is 2.15. The zero-order valence-electron chi connectivity index (χ0n) is 10.9. The summed E-state index contributed by atoms with van der Waals surface area (Å²) in [6.45, 7) is 3.01. The largest absolute Gasteiger partial charge is 0.343 e. The second-order valence-electron chi connectivity index (χ2n) is 4.34. The molecule has 1 rings (SSSR count). The number of amides is 1. The van der Waals surface area contributed by atoms with Crippen LogP contribution in [0.2, 0.25) is 0 Å². The third-order valence-corrected chi connectivity index (χ3v) is 3.85. The molecule has 1 aromatic rings. The molecule has 1 N–H and O–H groups in total. The molecule has 1 amide bonds. The lowest BCUT2D eigenvalue weighted by Gasteiger charge is -2.24. The molecule has 17 heavy (non-hydrogen) atoms. The van der Waals surface area contributed by atoms with E-state index in [1.54, 1.807) is 11.3 Å². The maximum atomic E-state index is 11.9. The van der Waals surface area contributed by atoms with E-state index in [0.717, 1.165) is 19.4 Å². The number of thiophene rings is 1. The van der Waals surface area contributed by atoms with Crippen molar-refractivity contribution in [3.63, 3.8) is 0 Å². The summed E-state index contributed by atoms with van der Waals surface area (Å²) in [7, 11) is 3.81. The van der Waals surface area contributed by atoms with Gasteiger partial charge < -0.3 is 10.2 Å². The van der Waals surface area contributed by atoms with E-state index in [-0.39, 0.29) is 11.9 Å². The van der Waals surface area contributed by atoms with Gasteiger partial charge in [0.25, 0.3) is 0 Å². The predicted octanol–water partition coefficient (Wildman–Crippen LogP) is 2.14. The molecule has 0 saturated carbocycles. The van der Waals surface area contributed by atoms with E-state index in [0.29, 0.717) is 6.42 Å². The molecular formula is C13H22N2OS. The number of hydrogen-bond donors (Lipinski definition) is 1. The first-order valence-corrected chi connectivity index (χ1v) is 6.95. The lowest BCUT2D eigenvalue weighted by molar-refractivity contribution is -0.131. The van der Waals surface area contributed by atoms with Crippen molar-refractivity contribution in [1.82, 2.24) is 10.2 Å². The summed E-state index contributed by atoms with van der Waals surface area (Å²) >= 11 is 1.75. The van der Waals surface area contributed by atoms with Crippen LogP contribution < -0.4 is 5.32 Å². The fourth-order valence-corrected chi connectivity index (χ4v) is 2.52. The quantitative estimate of drug-likeness (QED) is 0.756. The van der Waals surface area contributed by atoms with Crippen molar-refractivity contribution in [3.05, 3.63) is 22.4 Å². The molecule has 0 aliphatic carbocycles. The zero-order chi connectivity index (χ0) is 12.7. The Hall–Kier alpha value is -0.870. The van der Waals surface area contributed by atoms with Crippen LogP contribution >= 0.6 is 11.3 Å². The van der Waals surface area contributed by atoms with Crippen LogP contribution in [0.5, 0.6) is 0 Å². The van der Waals surface area contributed by atoms with Crippen molar-refractivity contribution in [1.29, 1.82) is 0 Å². The second-order valence-corrected chi connectivity index (χ2v) is 5.38. The lowest BCUT2D eigenvalue weighted by atomic mass is 10.1. The van der Waals surface area contributed by atoms with Crippen LogP contribution in [0, 0.1) is 0 Å². The van der Waals surface area contributed by atoms with Crippen LogP contribution in [0.25, 0.3) is 0 Å². The van der Waals surface area contributed by atoms with E-state index < -0.39 is 0 Å². The number of carbonyl (C=O) groups excluding carboxylic acids is 1. The van der Waals surface area contributed by atoms with Gasteiger partial charge in [-0.05, 0) is 38.4 Å². The molecule has 0 radical (unpaired) electrons. The van der Waals surface area contributed by atoms with Crippen molar-refractivity contribution in [2.24, 2.45) is 0 Å². The molecule has 0 spiro atoms. The smallest absolute Gasteiger partial charge is 0.222 e. The molecule has 96 valence electrons. The van der Waals surface area contributed by atoms with Crippen LogP contribution in [0.1, 0.15) is 24.6 Å². The van der Waals surface area contributed by atoms with Crippen molar-refractivity contribution in [2.75, 3.05) is 20.6 Å². The highest BCUT2D eigenvalue weighted by molar-refractivity contribution is 7.09. The van der Waals surface area contributed by atoms with Gasteiger partial charge in [0, 0.05) is 30.8 Å². The lowest BCUT2D eigenvalue weighted by Crippen LogP contribution is -2.36. The van der Waals surface area contributed by atoms with E-state index >= 15 is 0 Å². The molecule has 1 unspecified atom stereocenters. The minimum atomic E-state index is 0.240. The number of nitrogens with zero attached hydrogens (tertiary/aromatic N) is 1. The average Bonchev–Trinajstić information content (AvgIpc) is 2.81. The van der Waals surface area contributed by atoms with Gasteiger partial charge >= 0.3 is 0 Å². The Morgan fingerprint density at radius 3 is 2.94 bits per heavy atom. The number of nitrogens with one attached hydrogen (secondary N) is 1. The topological polar surface area (TPSA) is 32.3 Å². The molecule has 1 heterocycles. The molecule has 3 nitrogen and oxygen atoms in total. The van der Waals surface area contributed by atoms with Gasteiger partial charge in [-0.3, -0.25) is 4.79 Å². The summed E-state index contributed by atoms with van der Waals surface area (Å²) in [4.78, 5) is 15.1. The Labute approximate surface area is 108 Å². The second kappa shape index (κ2) is 7.45. The van der Waals surface area contributed by atoms with Crippen LogP contribution in [0.4, 0.5) is 0 Å². The summed E-state index contributed by atoms with van der Waals surface area (Å²) in [6, 6.07) is 4.46. The van der Waals surface area contributed by atoms with Crippen molar-refractivity contribution in [2.45, 2.75) is 32.2 Å². The molecule has 0 fully saturated rings. The van der Waals surface area contributed by atoms with Gasteiger partial charge in [0.05, 0.1) is 0 Å². The maximum absolute atomic E-state index is 11.9. The molecule has 1 atom stereocenters. The fraction of sp³-hybridized carbons (Fsp3) is 0.615. The number of rotatable bonds is 7. The van der Waals surface area contributed by atoms with Crippen molar-refractivity contribution >= 4 is 17.2 Å². The van der Waals surface area contributed by atoms with E-state index in [9.17, 15) is 4.79 Å². The first kappa shape index (κ1) is 14.2. The first-order valence-electron chi connectivity index (χ1n) is 6.07. The van der Waals surface area contributed by atoms with Gasteiger partial charge in [0.2, 0.25) is 5.91 Å². The zero-order valence-corrected chi connectivity index (χ0v) is 11.7. The normalized spacial score (nSPS) is 12.4. The molecule has 0 aromatic carbocycles. The summed E-state index contributed by atoms with van der Waals surface area (Å²) in [6.07, 6.45) is 2.49. The molecule has 0 saturated heterocycles. The highest BCUT2D eigenvalue weighted by atomic mass is 32.1. The average molecular weight is 254 g/mol. The van der Waals surface area contributed by atoms with Gasteiger partial charge in [-0.25, -0.2) is 0 Å². The maximum Gasteiger partial charge on any atom is 0.222 e. The van der Waals surface area contributed by atoms with Crippen LogP contribution in [0.15, 0.2) is 17.5 Å². The number of hydrogen-bond acceptors (Lipinski definition) is 3. The Morgan fingerprint density at radius 2 is 2.35 bits per heavy atom. The number of likely N-dealkylation sites (N-methyl/N-ethyl adjacent to an activating group) is 1. The Kier molecular flexibility index (Phi) is 6.22. The first-order chi connectivity index (χ1) is 8.15. The minimum absolute atomic E-state index is 0.240. The van der Waals surface area contributed by atoms with E-state index in [1.807, 2.05) is 19.0 Å². The van der Waals surface area contributed by atoms with E-state index in [1.165, 1.54) is 4.88 Å². The molecule has 0 aliphatic heterocycles. The molecule has 4 heteroatoms. The van der Waals surface area contributed by atoms with E-state index in [2.05, 4.69) is 29.8 Å². The highest BCUT2D eigenvalue weighted by Crippen LogP contribution is 2.14. The number of carbonyl (C=O) groups is 1. The molecule has 1 aromatic heterocycles.